The van der Waals surface area contributed by atoms with Gasteiger partial charge in [0.15, 0.2) is 0 Å². The molecule has 0 unspecified atom stereocenters. The topological polar surface area (TPSA) is 103 Å². The molecule has 0 radical (unpaired) electrons. The van der Waals surface area contributed by atoms with E-state index in [1.807, 2.05) is 19.1 Å². The van der Waals surface area contributed by atoms with Gasteiger partial charge in [0, 0.05) is 17.5 Å². The highest BCUT2D eigenvalue weighted by atomic mass is 19.4. The van der Waals surface area contributed by atoms with E-state index in [4.69, 9.17) is 9.26 Å². The molecule has 0 atom stereocenters. The lowest BCUT2D eigenvalue weighted by atomic mass is 10.1. The third-order valence-electron chi connectivity index (χ3n) is 3.84. The summed E-state index contributed by atoms with van der Waals surface area (Å²) in [5.41, 5.74) is 2.62. The minimum Gasteiger partial charge on any atom is -0.471 e. The average Bonchev–Trinajstić information content (AvgIpc) is 3.05. The molecule has 152 valence electrons. The maximum absolute atomic E-state index is 12.2. The molecule has 0 saturated heterocycles. The first-order valence-electron chi connectivity index (χ1n) is 8.41. The van der Waals surface area contributed by atoms with Gasteiger partial charge in [-0.05, 0) is 26.0 Å². The van der Waals surface area contributed by atoms with Crippen molar-refractivity contribution in [3.05, 3.63) is 53.4 Å². The fraction of sp³-hybridized carbons (Fsp3) is 0.278. The van der Waals surface area contributed by atoms with Crippen molar-refractivity contribution in [2.24, 2.45) is 0 Å². The number of hydrogen-bond donors (Lipinski definition) is 1. The molecule has 0 spiro atoms. The Balaban J connectivity index is 1.66. The van der Waals surface area contributed by atoms with Gasteiger partial charge in [-0.2, -0.15) is 13.2 Å². The minimum atomic E-state index is -4.51. The highest BCUT2D eigenvalue weighted by Crippen LogP contribution is 2.26. The zero-order chi connectivity index (χ0) is 21.0. The van der Waals surface area contributed by atoms with Gasteiger partial charge in [-0.3, -0.25) is 9.78 Å². The Bertz CT molecular complexity index is 985. The zero-order valence-electron chi connectivity index (χ0n) is 15.4. The molecule has 3 heterocycles. The van der Waals surface area contributed by atoms with E-state index in [2.05, 4.69) is 20.1 Å². The molecule has 11 heteroatoms. The highest BCUT2D eigenvalue weighted by Gasteiger charge is 2.28. The molecule has 0 aliphatic heterocycles. The van der Waals surface area contributed by atoms with E-state index in [9.17, 15) is 18.0 Å². The molecule has 0 aromatic carbocycles. The van der Waals surface area contributed by atoms with E-state index >= 15 is 0 Å². The van der Waals surface area contributed by atoms with Crippen molar-refractivity contribution < 1.29 is 27.2 Å². The third-order valence-corrected chi connectivity index (χ3v) is 3.84. The summed E-state index contributed by atoms with van der Waals surface area (Å²) in [4.78, 5) is 23.5. The summed E-state index contributed by atoms with van der Waals surface area (Å²) in [6, 6.07) is 3.70. The van der Waals surface area contributed by atoms with Gasteiger partial charge in [0.2, 0.25) is 5.88 Å². The molecule has 8 nitrogen and oxygen atoms in total. The van der Waals surface area contributed by atoms with Crippen LogP contribution in [0.3, 0.4) is 0 Å². The second-order valence-electron chi connectivity index (χ2n) is 6.08. The van der Waals surface area contributed by atoms with E-state index in [-0.39, 0.29) is 18.2 Å². The van der Waals surface area contributed by atoms with Crippen LogP contribution in [0.2, 0.25) is 0 Å². The average molecular weight is 407 g/mol. The number of nitrogens with one attached hydrogen (secondary N) is 1. The van der Waals surface area contributed by atoms with Crippen LogP contribution in [0.1, 0.15) is 27.5 Å². The number of hydrogen-bond acceptors (Lipinski definition) is 7. The monoisotopic (exact) mass is 407 g/mol. The van der Waals surface area contributed by atoms with Crippen molar-refractivity contribution in [3.8, 4) is 17.1 Å². The van der Waals surface area contributed by atoms with Gasteiger partial charge in [-0.25, -0.2) is 9.97 Å². The Morgan fingerprint density at radius 2 is 1.93 bits per heavy atom. The molecular weight excluding hydrogens is 391 g/mol. The number of alkyl halides is 3. The van der Waals surface area contributed by atoms with E-state index in [1.54, 1.807) is 18.4 Å². The van der Waals surface area contributed by atoms with Gasteiger partial charge < -0.3 is 14.6 Å². The first-order chi connectivity index (χ1) is 13.7. The van der Waals surface area contributed by atoms with Gasteiger partial charge in [-0.15, -0.1) is 0 Å². The second kappa shape index (κ2) is 8.25. The van der Waals surface area contributed by atoms with E-state index in [0.29, 0.717) is 17.0 Å². The Morgan fingerprint density at radius 1 is 1.14 bits per heavy atom. The van der Waals surface area contributed by atoms with Gasteiger partial charge in [0.25, 0.3) is 5.91 Å². The molecule has 3 aromatic heterocycles. The number of aryl methyl sites for hydroxylation is 2. The zero-order valence-corrected chi connectivity index (χ0v) is 15.4. The van der Waals surface area contributed by atoms with Gasteiger partial charge >= 0.3 is 6.18 Å². The molecule has 1 N–H and O–H groups in total. The number of carbonyl (C=O) groups excluding carboxylic acids is 1. The molecule has 3 rings (SSSR count). The predicted molar refractivity (Wildman–Crippen MR) is 94.0 cm³/mol. The lowest BCUT2D eigenvalue weighted by Crippen LogP contribution is -2.34. The van der Waals surface area contributed by atoms with Crippen molar-refractivity contribution in [2.45, 2.75) is 26.6 Å². The summed E-state index contributed by atoms with van der Waals surface area (Å²) in [5, 5.41) is 5.75. The number of nitrogens with zero attached hydrogens (tertiary/aromatic N) is 4. The molecule has 3 aromatic rings. The molecule has 0 aliphatic carbocycles. The summed E-state index contributed by atoms with van der Waals surface area (Å²) in [6.45, 7) is 2.21. The number of carbonyl (C=O) groups is 1. The number of pyridine rings is 1. The summed E-state index contributed by atoms with van der Waals surface area (Å²) in [6.07, 6.45) is -0.650. The fourth-order valence-corrected chi connectivity index (χ4v) is 2.32. The van der Waals surface area contributed by atoms with Crippen LogP contribution in [0.5, 0.6) is 5.88 Å². The molecule has 0 bridgehead atoms. The Labute approximate surface area is 163 Å². The Hall–Kier alpha value is -3.50. The second-order valence-corrected chi connectivity index (χ2v) is 6.08. The van der Waals surface area contributed by atoms with Gasteiger partial charge in [0.1, 0.15) is 30.3 Å². The highest BCUT2D eigenvalue weighted by molar-refractivity contribution is 5.91. The summed E-state index contributed by atoms with van der Waals surface area (Å²) in [5.74, 6) is -0.340. The smallest absolute Gasteiger partial charge is 0.405 e. The van der Waals surface area contributed by atoms with Crippen molar-refractivity contribution in [1.29, 1.82) is 0 Å². The largest absolute Gasteiger partial charge is 0.471 e. The van der Waals surface area contributed by atoms with Crippen molar-refractivity contribution in [1.82, 2.24) is 25.4 Å². The van der Waals surface area contributed by atoms with Gasteiger partial charge in [-0.1, -0.05) is 5.16 Å². The first kappa shape index (κ1) is 20.2. The van der Waals surface area contributed by atoms with Crippen LogP contribution in [0.4, 0.5) is 13.2 Å². The van der Waals surface area contributed by atoms with Crippen LogP contribution in [-0.4, -0.2) is 38.7 Å². The lowest BCUT2D eigenvalue weighted by Gasteiger charge is -2.08. The van der Waals surface area contributed by atoms with Crippen molar-refractivity contribution in [2.75, 3.05) is 6.54 Å². The maximum Gasteiger partial charge on any atom is 0.405 e. The van der Waals surface area contributed by atoms with Crippen LogP contribution in [0.15, 0.2) is 35.2 Å². The van der Waals surface area contributed by atoms with Crippen LogP contribution < -0.4 is 10.1 Å². The maximum atomic E-state index is 12.2. The molecule has 0 saturated carbocycles. The number of amides is 1. The number of rotatable bonds is 6. The summed E-state index contributed by atoms with van der Waals surface area (Å²) in [7, 11) is 0. The lowest BCUT2D eigenvalue weighted by molar-refractivity contribution is -0.123. The van der Waals surface area contributed by atoms with Crippen LogP contribution in [-0.2, 0) is 6.61 Å². The van der Waals surface area contributed by atoms with E-state index in [0.717, 1.165) is 23.7 Å². The van der Waals surface area contributed by atoms with Crippen LogP contribution >= 0.6 is 0 Å². The Kier molecular flexibility index (Phi) is 5.76. The normalized spacial score (nSPS) is 11.3. The standard InChI is InChI=1S/C18H16F3N5O3/c1-10-3-4-12(5-22-10)16-13(11(2)29-26-16)8-28-15-7-23-14(6-24-15)17(27)25-9-18(19,20)21/h3-7H,8-9H2,1-2H3,(H,25,27). The van der Waals surface area contributed by atoms with E-state index in [1.165, 1.54) is 0 Å². The molecule has 0 fully saturated rings. The predicted octanol–water partition coefficient (Wildman–Crippen LogP) is 3.01. The number of ether oxygens (including phenoxy) is 1. The summed E-state index contributed by atoms with van der Waals surface area (Å²) < 4.78 is 47.2. The molecular formula is C18H16F3N5O3. The molecule has 1 amide bonds. The SMILES string of the molecule is Cc1ccc(-c2noc(C)c2COc2cnc(C(=O)NCC(F)(F)F)cn2)cn1. The Morgan fingerprint density at radius 3 is 2.55 bits per heavy atom. The first-order valence-corrected chi connectivity index (χ1v) is 8.41. The van der Waals surface area contributed by atoms with Crippen LogP contribution in [0, 0.1) is 13.8 Å². The van der Waals surface area contributed by atoms with E-state index < -0.39 is 18.6 Å². The number of halogens is 3. The van der Waals surface area contributed by atoms with Crippen molar-refractivity contribution >= 4 is 5.91 Å². The van der Waals surface area contributed by atoms with Crippen molar-refractivity contribution in [3.63, 3.8) is 0 Å². The van der Waals surface area contributed by atoms with Gasteiger partial charge in [0.05, 0.1) is 18.0 Å². The minimum absolute atomic E-state index is 0.0623. The molecule has 29 heavy (non-hydrogen) atoms. The molecule has 0 aliphatic rings. The fourth-order valence-electron chi connectivity index (χ4n) is 2.32. The summed E-state index contributed by atoms with van der Waals surface area (Å²) >= 11 is 0. The van der Waals surface area contributed by atoms with Crippen LogP contribution in [0.25, 0.3) is 11.3 Å². The third kappa shape index (κ3) is 5.27. The quantitative estimate of drug-likeness (QED) is 0.670. The number of aromatic nitrogens is 4.